The van der Waals surface area contributed by atoms with Crippen molar-refractivity contribution in [3.8, 4) is 28.3 Å². The number of aromatic nitrogens is 3. The van der Waals surface area contributed by atoms with E-state index >= 15 is 0 Å². The molecule has 198 valence electrons. The lowest BCUT2D eigenvalue weighted by Crippen LogP contribution is -2.16. The van der Waals surface area contributed by atoms with Crippen molar-refractivity contribution in [2.75, 3.05) is 25.3 Å². The lowest BCUT2D eigenvalue weighted by atomic mass is 10.0. The van der Waals surface area contributed by atoms with Gasteiger partial charge in [-0.2, -0.15) is 0 Å². The summed E-state index contributed by atoms with van der Waals surface area (Å²) < 4.78 is 13.4. The third-order valence-corrected chi connectivity index (χ3v) is 8.74. The van der Waals surface area contributed by atoms with Gasteiger partial charge in [-0.15, -0.1) is 39.4 Å². The fourth-order valence-corrected chi connectivity index (χ4v) is 6.73. The molecule has 0 saturated heterocycles. The zero-order valence-electron chi connectivity index (χ0n) is 21.2. The number of benzene rings is 2. The highest BCUT2D eigenvalue weighted by molar-refractivity contribution is 7.99. The van der Waals surface area contributed by atoms with Crippen LogP contribution in [0.1, 0.15) is 10.4 Å². The molecule has 3 aromatic heterocycles. The number of amides is 1. The second-order valence-corrected chi connectivity index (χ2v) is 11.0. The summed E-state index contributed by atoms with van der Waals surface area (Å²) in [5.41, 5.74) is 2.80. The summed E-state index contributed by atoms with van der Waals surface area (Å²) >= 11 is 4.19. The largest absolute Gasteiger partial charge is 0.497 e. The van der Waals surface area contributed by atoms with E-state index in [9.17, 15) is 9.59 Å². The number of thiophene rings is 2. The first-order valence-corrected chi connectivity index (χ1v) is 14.6. The van der Waals surface area contributed by atoms with Crippen molar-refractivity contribution in [1.82, 2.24) is 14.8 Å². The van der Waals surface area contributed by atoms with E-state index in [4.69, 9.17) is 9.47 Å². The molecule has 5 aromatic rings. The van der Waals surface area contributed by atoms with Crippen molar-refractivity contribution in [2.45, 2.75) is 11.7 Å². The number of anilines is 1. The number of hydrogen-bond donors (Lipinski definition) is 1. The van der Waals surface area contributed by atoms with Gasteiger partial charge in [0.1, 0.15) is 16.3 Å². The second kappa shape index (κ2) is 11.9. The van der Waals surface area contributed by atoms with E-state index in [1.165, 1.54) is 34.9 Å². The fourth-order valence-electron chi connectivity index (χ4n) is 4.07. The third-order valence-electron chi connectivity index (χ3n) is 5.92. The minimum Gasteiger partial charge on any atom is -0.497 e. The van der Waals surface area contributed by atoms with Crippen molar-refractivity contribution in [3.05, 3.63) is 77.5 Å². The summed E-state index contributed by atoms with van der Waals surface area (Å²) in [6.45, 7) is 4.37. The number of fused-ring (bicyclic) bond motifs is 1. The number of carbonyl (C=O) groups excluding carboxylic acids is 2. The van der Waals surface area contributed by atoms with E-state index in [2.05, 4.69) is 39.6 Å². The maximum atomic E-state index is 13.0. The van der Waals surface area contributed by atoms with E-state index in [0.717, 1.165) is 22.3 Å². The highest BCUT2D eigenvalue weighted by atomic mass is 32.2. The fraction of sp³-hybridized carbons (Fsp3) is 0.143. The number of nitrogens with one attached hydrogen (secondary N) is 1. The van der Waals surface area contributed by atoms with Crippen LogP contribution in [-0.2, 0) is 16.1 Å². The normalized spacial score (nSPS) is 10.9. The van der Waals surface area contributed by atoms with Crippen molar-refractivity contribution < 1.29 is 19.1 Å². The van der Waals surface area contributed by atoms with E-state index in [-0.39, 0.29) is 11.7 Å². The van der Waals surface area contributed by atoms with Crippen molar-refractivity contribution in [2.24, 2.45) is 0 Å². The molecule has 0 unspecified atom stereocenters. The molecule has 1 amide bonds. The number of rotatable bonds is 10. The summed E-state index contributed by atoms with van der Waals surface area (Å²) in [5.74, 6) is 0.715. The van der Waals surface area contributed by atoms with Gasteiger partial charge in [0.05, 0.1) is 20.0 Å². The first-order valence-electron chi connectivity index (χ1n) is 11.8. The Kier molecular flexibility index (Phi) is 8.10. The van der Waals surface area contributed by atoms with Crippen LogP contribution in [0.25, 0.3) is 32.6 Å². The van der Waals surface area contributed by atoms with Crippen LogP contribution < -0.4 is 10.1 Å². The lowest BCUT2D eigenvalue weighted by molar-refractivity contribution is -0.113. The van der Waals surface area contributed by atoms with Gasteiger partial charge in [0, 0.05) is 38.5 Å². The number of allylic oxidation sites excluding steroid dienone is 1. The van der Waals surface area contributed by atoms with Crippen LogP contribution in [0.3, 0.4) is 0 Å². The van der Waals surface area contributed by atoms with E-state index < -0.39 is 5.97 Å². The molecule has 0 aliphatic rings. The van der Waals surface area contributed by atoms with Gasteiger partial charge in [0.2, 0.25) is 5.91 Å². The summed E-state index contributed by atoms with van der Waals surface area (Å²) in [6.07, 6.45) is 1.78. The van der Waals surface area contributed by atoms with Gasteiger partial charge in [-0.05, 0) is 23.8 Å². The monoisotopic (exact) mass is 576 g/mol. The molecule has 0 bridgehead atoms. The summed E-state index contributed by atoms with van der Waals surface area (Å²) in [7, 11) is 2.91. The van der Waals surface area contributed by atoms with Gasteiger partial charge in [-0.25, -0.2) is 4.79 Å². The summed E-state index contributed by atoms with van der Waals surface area (Å²) in [6, 6.07) is 15.5. The second-order valence-electron chi connectivity index (χ2n) is 8.26. The van der Waals surface area contributed by atoms with Crippen LogP contribution in [0.15, 0.2) is 77.1 Å². The zero-order valence-corrected chi connectivity index (χ0v) is 23.6. The lowest BCUT2D eigenvalue weighted by Gasteiger charge is -2.09. The third kappa shape index (κ3) is 5.47. The number of ether oxygens (including phenoxy) is 2. The molecule has 2 aromatic carbocycles. The minimum atomic E-state index is -0.525. The van der Waals surface area contributed by atoms with Crippen molar-refractivity contribution in [3.63, 3.8) is 0 Å². The van der Waals surface area contributed by atoms with E-state index in [0.29, 0.717) is 33.6 Å². The van der Waals surface area contributed by atoms with Crippen molar-refractivity contribution in [1.29, 1.82) is 0 Å². The molecule has 0 fully saturated rings. The Balaban J connectivity index is 1.35. The van der Waals surface area contributed by atoms with E-state index in [1.54, 1.807) is 24.5 Å². The smallest absolute Gasteiger partial charge is 0.341 e. The van der Waals surface area contributed by atoms with E-state index in [1.807, 2.05) is 46.3 Å². The molecule has 1 N–H and O–H groups in total. The Hall–Kier alpha value is -3.93. The Morgan fingerprint density at radius 3 is 2.56 bits per heavy atom. The molecule has 0 aliphatic heterocycles. The van der Waals surface area contributed by atoms with Gasteiger partial charge in [-0.3, -0.25) is 9.36 Å². The Bertz CT molecular complexity index is 1650. The zero-order chi connectivity index (χ0) is 27.4. The molecule has 0 radical (unpaired) electrons. The SMILES string of the molecule is C=CCn1c(SCC(=O)Nc2scc(-c3ccc(OC)cc3)c2C(=O)OC)nnc1-c1csc2ccccc12. The van der Waals surface area contributed by atoms with Crippen LogP contribution in [0, 0.1) is 0 Å². The summed E-state index contributed by atoms with van der Waals surface area (Å²) in [5, 5.41) is 17.7. The van der Waals surface area contributed by atoms with Crippen LogP contribution in [-0.4, -0.2) is 46.6 Å². The number of methoxy groups -OCH3 is 2. The molecule has 0 aliphatic carbocycles. The molecule has 39 heavy (non-hydrogen) atoms. The van der Waals surface area contributed by atoms with Crippen LogP contribution in [0.5, 0.6) is 5.75 Å². The quantitative estimate of drug-likeness (QED) is 0.114. The topological polar surface area (TPSA) is 95.3 Å². The maximum absolute atomic E-state index is 13.0. The number of hydrogen-bond acceptors (Lipinski definition) is 9. The molecule has 11 heteroatoms. The first-order chi connectivity index (χ1) is 19.0. The van der Waals surface area contributed by atoms with Crippen LogP contribution in [0.4, 0.5) is 5.00 Å². The Morgan fingerprint density at radius 1 is 1.05 bits per heavy atom. The number of nitrogens with zero attached hydrogens (tertiary/aromatic N) is 3. The van der Waals surface area contributed by atoms with Crippen LogP contribution >= 0.6 is 34.4 Å². The number of carbonyl (C=O) groups is 2. The molecular weight excluding hydrogens is 553 g/mol. The molecular formula is C28H24N4O4S3. The molecule has 8 nitrogen and oxygen atoms in total. The van der Waals surface area contributed by atoms with Gasteiger partial charge in [0.15, 0.2) is 11.0 Å². The highest BCUT2D eigenvalue weighted by Crippen LogP contribution is 2.37. The van der Waals surface area contributed by atoms with Gasteiger partial charge >= 0.3 is 5.97 Å². The molecule has 3 heterocycles. The van der Waals surface area contributed by atoms with Gasteiger partial charge in [0.25, 0.3) is 0 Å². The molecule has 0 saturated carbocycles. The summed E-state index contributed by atoms with van der Waals surface area (Å²) in [4.78, 5) is 25.7. The maximum Gasteiger partial charge on any atom is 0.341 e. The van der Waals surface area contributed by atoms with Crippen molar-refractivity contribution >= 4 is 61.4 Å². The first kappa shape index (κ1) is 26.7. The molecule has 0 spiro atoms. The highest BCUT2D eigenvalue weighted by Gasteiger charge is 2.23. The average Bonchev–Trinajstić information content (AvgIpc) is 3.68. The average molecular weight is 577 g/mol. The van der Waals surface area contributed by atoms with Crippen LogP contribution in [0.2, 0.25) is 0 Å². The standard InChI is InChI=1S/C28H24N4O4S3/c1-4-13-32-25(21-15-37-22-8-6-5-7-19(21)22)30-31-28(32)39-16-23(33)29-26-24(27(34)36-3)20(14-38-26)17-9-11-18(35-2)12-10-17/h4-12,14-15H,1,13,16H2,2-3H3,(H,29,33). The number of esters is 1. The predicted molar refractivity (Wildman–Crippen MR) is 158 cm³/mol. The number of thioether (sulfide) groups is 1. The predicted octanol–water partition coefficient (Wildman–Crippen LogP) is 6.60. The van der Waals surface area contributed by atoms with Gasteiger partial charge < -0.3 is 14.8 Å². The van der Waals surface area contributed by atoms with Gasteiger partial charge in [-0.1, -0.05) is 48.2 Å². The Morgan fingerprint density at radius 2 is 1.82 bits per heavy atom. The molecule has 0 atom stereocenters. The molecule has 5 rings (SSSR count). The Labute approximate surface area is 237 Å². The minimum absolute atomic E-state index is 0.0794.